The molecule has 3 rings (SSSR count). The largest absolute Gasteiger partial charge is 0.455 e. The van der Waals surface area contributed by atoms with Crippen LogP contribution in [0.25, 0.3) is 11.0 Å². The second-order valence-electron chi connectivity index (χ2n) is 6.77. The Balaban J connectivity index is 1.61. The molecule has 29 heavy (non-hydrogen) atoms. The zero-order chi connectivity index (χ0) is 20.8. The van der Waals surface area contributed by atoms with Crippen molar-refractivity contribution < 1.29 is 14.3 Å². The van der Waals surface area contributed by atoms with Gasteiger partial charge in [-0.25, -0.2) is 4.79 Å². The number of hydrogen-bond donors (Lipinski definition) is 0. The lowest BCUT2D eigenvalue weighted by Gasteiger charge is -2.17. The molecule has 0 saturated carbocycles. The van der Waals surface area contributed by atoms with Crippen LogP contribution < -0.4 is 10.6 Å². The molecule has 0 atom stereocenters. The number of amides is 1. The van der Waals surface area contributed by atoms with Crippen molar-refractivity contribution in [2.45, 2.75) is 32.9 Å². The second-order valence-corrected chi connectivity index (χ2v) is 6.77. The maximum absolute atomic E-state index is 12.7. The van der Waals surface area contributed by atoms with Gasteiger partial charge in [-0.05, 0) is 30.7 Å². The number of aromatic nitrogens is 2. The molecule has 1 heterocycles. The van der Waals surface area contributed by atoms with E-state index in [0.29, 0.717) is 6.54 Å². The molecule has 0 bridgehead atoms. The number of para-hydroxylation sites is 3. The minimum Gasteiger partial charge on any atom is -0.455 e. The average molecular weight is 395 g/mol. The van der Waals surface area contributed by atoms with Crippen molar-refractivity contribution in [3.05, 3.63) is 65.1 Å². The van der Waals surface area contributed by atoms with Gasteiger partial charge in [-0.15, -0.1) is 0 Å². The van der Waals surface area contributed by atoms with Crippen LogP contribution in [0.15, 0.2) is 59.4 Å². The summed E-state index contributed by atoms with van der Waals surface area (Å²) in [5.41, 5.74) is 2.23. The van der Waals surface area contributed by atoms with Crippen molar-refractivity contribution in [3.63, 3.8) is 0 Å². The normalized spacial score (nSPS) is 10.8. The number of ether oxygens (including phenoxy) is 1. The number of nitrogens with zero attached hydrogens (tertiary/aromatic N) is 3. The predicted octanol–water partition coefficient (Wildman–Crippen LogP) is 2.81. The monoisotopic (exact) mass is 395 g/mol. The highest BCUT2D eigenvalue weighted by Gasteiger charge is 2.16. The Morgan fingerprint density at radius 2 is 1.52 bits per heavy atom. The van der Waals surface area contributed by atoms with E-state index in [4.69, 9.17) is 4.74 Å². The molecule has 7 heteroatoms. The maximum Gasteiger partial charge on any atom is 0.329 e. The summed E-state index contributed by atoms with van der Waals surface area (Å²) < 4.78 is 8.43. The third-order valence-electron chi connectivity index (χ3n) is 4.79. The van der Waals surface area contributed by atoms with Gasteiger partial charge in [0, 0.05) is 25.8 Å². The highest BCUT2D eigenvalue weighted by molar-refractivity contribution is 5.94. The molecule has 152 valence electrons. The van der Waals surface area contributed by atoms with Gasteiger partial charge in [-0.2, -0.15) is 0 Å². The summed E-state index contributed by atoms with van der Waals surface area (Å²) >= 11 is 0. The minimum atomic E-state index is -0.515. The SMILES string of the molecule is CCCn1c(=O)n(CCC(=O)OCC(=O)N(C)c2ccccc2)c2ccccc21. The van der Waals surface area contributed by atoms with Crippen LogP contribution in [-0.2, 0) is 27.4 Å². The van der Waals surface area contributed by atoms with Gasteiger partial charge in [-0.1, -0.05) is 37.3 Å². The van der Waals surface area contributed by atoms with Gasteiger partial charge in [0.05, 0.1) is 17.5 Å². The molecule has 7 nitrogen and oxygen atoms in total. The Kier molecular flexibility index (Phi) is 6.49. The summed E-state index contributed by atoms with van der Waals surface area (Å²) in [6, 6.07) is 16.7. The van der Waals surface area contributed by atoms with Gasteiger partial charge < -0.3 is 9.64 Å². The molecule has 0 unspecified atom stereocenters. The summed E-state index contributed by atoms with van der Waals surface area (Å²) in [5.74, 6) is -0.833. The third-order valence-corrected chi connectivity index (χ3v) is 4.79. The van der Waals surface area contributed by atoms with Crippen LogP contribution in [0.1, 0.15) is 19.8 Å². The summed E-state index contributed by atoms with van der Waals surface area (Å²) in [5, 5.41) is 0. The number of likely N-dealkylation sites (N-methyl/N-ethyl adjacent to an activating group) is 1. The van der Waals surface area contributed by atoms with E-state index in [1.165, 1.54) is 4.90 Å². The van der Waals surface area contributed by atoms with E-state index < -0.39 is 5.97 Å². The molecule has 0 aliphatic rings. The smallest absolute Gasteiger partial charge is 0.329 e. The van der Waals surface area contributed by atoms with Crippen LogP contribution in [0.5, 0.6) is 0 Å². The topological polar surface area (TPSA) is 73.5 Å². The number of fused-ring (bicyclic) bond motifs is 1. The van der Waals surface area contributed by atoms with E-state index in [9.17, 15) is 14.4 Å². The van der Waals surface area contributed by atoms with E-state index in [1.54, 1.807) is 28.3 Å². The number of carbonyl (C=O) groups is 2. The van der Waals surface area contributed by atoms with E-state index in [0.717, 1.165) is 23.1 Å². The average Bonchev–Trinajstić information content (AvgIpc) is 3.02. The molecular weight excluding hydrogens is 370 g/mol. The van der Waals surface area contributed by atoms with E-state index >= 15 is 0 Å². The molecule has 1 amide bonds. The standard InChI is InChI=1S/C22H25N3O4/c1-3-14-24-18-11-7-8-12-19(18)25(22(24)28)15-13-21(27)29-16-20(26)23(2)17-9-5-4-6-10-17/h4-12H,3,13-16H2,1-2H3. The van der Waals surface area contributed by atoms with E-state index in [1.807, 2.05) is 49.4 Å². The Morgan fingerprint density at radius 1 is 0.931 bits per heavy atom. The van der Waals surface area contributed by atoms with E-state index in [2.05, 4.69) is 0 Å². The molecule has 3 aromatic rings. The van der Waals surface area contributed by atoms with Gasteiger partial charge >= 0.3 is 11.7 Å². The molecule has 0 aliphatic heterocycles. The first kappa shape index (κ1) is 20.4. The number of aryl methyl sites for hydroxylation is 2. The molecule has 0 fully saturated rings. The Morgan fingerprint density at radius 3 is 2.14 bits per heavy atom. The van der Waals surface area contributed by atoms with Crippen LogP contribution in [0.4, 0.5) is 5.69 Å². The Hall–Kier alpha value is -3.35. The molecule has 0 saturated heterocycles. The first-order valence-electron chi connectivity index (χ1n) is 9.68. The number of rotatable bonds is 8. The number of benzene rings is 2. The highest BCUT2D eigenvalue weighted by atomic mass is 16.5. The fourth-order valence-corrected chi connectivity index (χ4v) is 3.24. The van der Waals surface area contributed by atoms with Crippen LogP contribution in [0, 0.1) is 0 Å². The van der Waals surface area contributed by atoms with Crippen molar-refractivity contribution in [2.24, 2.45) is 0 Å². The van der Waals surface area contributed by atoms with Gasteiger partial charge in [0.25, 0.3) is 5.91 Å². The lowest BCUT2D eigenvalue weighted by Crippen LogP contribution is -2.31. The molecule has 0 spiro atoms. The highest BCUT2D eigenvalue weighted by Crippen LogP contribution is 2.14. The summed E-state index contributed by atoms with van der Waals surface area (Å²) in [6.45, 7) is 2.50. The van der Waals surface area contributed by atoms with Crippen LogP contribution in [-0.4, -0.2) is 34.7 Å². The zero-order valence-corrected chi connectivity index (χ0v) is 16.7. The summed E-state index contributed by atoms with van der Waals surface area (Å²) in [7, 11) is 1.63. The number of carbonyl (C=O) groups excluding carboxylic acids is 2. The summed E-state index contributed by atoms with van der Waals surface area (Å²) in [4.78, 5) is 38.5. The minimum absolute atomic E-state index is 0.0162. The van der Waals surface area contributed by atoms with Crippen molar-refractivity contribution in [1.82, 2.24) is 9.13 Å². The van der Waals surface area contributed by atoms with E-state index in [-0.39, 0.29) is 31.2 Å². The molecule has 0 radical (unpaired) electrons. The molecule has 1 aromatic heterocycles. The fourth-order valence-electron chi connectivity index (χ4n) is 3.24. The quantitative estimate of drug-likeness (QED) is 0.550. The fraction of sp³-hybridized carbons (Fsp3) is 0.318. The van der Waals surface area contributed by atoms with Gasteiger partial charge in [-0.3, -0.25) is 18.7 Å². The number of esters is 1. The number of imidazole rings is 1. The predicted molar refractivity (Wildman–Crippen MR) is 112 cm³/mol. The van der Waals surface area contributed by atoms with Crippen molar-refractivity contribution in [3.8, 4) is 0 Å². The van der Waals surface area contributed by atoms with Crippen molar-refractivity contribution in [2.75, 3.05) is 18.6 Å². The Labute approximate surface area is 169 Å². The van der Waals surface area contributed by atoms with Crippen LogP contribution in [0.2, 0.25) is 0 Å². The Bertz CT molecular complexity index is 1050. The van der Waals surface area contributed by atoms with Crippen molar-refractivity contribution in [1.29, 1.82) is 0 Å². The van der Waals surface area contributed by atoms with Crippen LogP contribution >= 0.6 is 0 Å². The second kappa shape index (κ2) is 9.23. The van der Waals surface area contributed by atoms with Gasteiger partial charge in [0.15, 0.2) is 6.61 Å². The first-order valence-corrected chi connectivity index (χ1v) is 9.68. The molecular formula is C22H25N3O4. The zero-order valence-electron chi connectivity index (χ0n) is 16.7. The van der Waals surface area contributed by atoms with Gasteiger partial charge in [0.2, 0.25) is 0 Å². The summed E-state index contributed by atoms with van der Waals surface area (Å²) in [6.07, 6.45) is 0.857. The van der Waals surface area contributed by atoms with Crippen molar-refractivity contribution >= 4 is 28.6 Å². The molecule has 0 N–H and O–H groups in total. The van der Waals surface area contributed by atoms with Crippen LogP contribution in [0.3, 0.4) is 0 Å². The molecule has 0 aliphatic carbocycles. The third kappa shape index (κ3) is 4.56. The number of hydrogen-bond acceptors (Lipinski definition) is 4. The van der Waals surface area contributed by atoms with Gasteiger partial charge in [0.1, 0.15) is 0 Å². The lowest BCUT2D eigenvalue weighted by molar-refractivity contribution is -0.148. The number of anilines is 1. The first-order chi connectivity index (χ1) is 14.0. The lowest BCUT2D eigenvalue weighted by atomic mass is 10.3. The maximum atomic E-state index is 12.7. The molecule has 2 aromatic carbocycles.